The number of carbonyl (C=O) groups excluding carboxylic acids is 2. The molecule has 0 saturated heterocycles. The van der Waals surface area contributed by atoms with E-state index in [0.29, 0.717) is 6.42 Å². The number of ether oxygens (including phenoxy) is 2. The van der Waals surface area contributed by atoms with Gasteiger partial charge in [-0.25, -0.2) is 9.59 Å². The molecule has 0 radical (unpaired) electrons. The Morgan fingerprint density at radius 3 is 1.80 bits per heavy atom. The molecule has 0 heterocycles. The zero-order chi connectivity index (χ0) is 19.1. The molecular weight excluding hydrogens is 351 g/mol. The Labute approximate surface area is 140 Å². The van der Waals surface area contributed by atoms with Crippen molar-refractivity contribution < 1.29 is 41.0 Å². The van der Waals surface area contributed by atoms with Gasteiger partial charge < -0.3 is 9.47 Å². The Balaban J connectivity index is 2.58. The number of hydrogen-bond acceptors (Lipinski definition) is 4. The molecule has 0 bridgehead atoms. The van der Waals surface area contributed by atoms with Gasteiger partial charge in [-0.2, -0.15) is 22.0 Å². The minimum absolute atomic E-state index is 0.119. The SMILES string of the molecule is CCCCCOC(=O)c1ccc(C(=O)OCC(F)(F)C(F)(F)F)cc1. The van der Waals surface area contributed by atoms with Crippen molar-refractivity contribution in [3.05, 3.63) is 35.4 Å². The standard InChI is InChI=1S/C16H17F5O4/c1-2-3-4-9-24-13(22)11-5-7-12(8-6-11)14(23)25-10-15(17,18)16(19,20)21/h5-8H,2-4,9-10H2,1H3. The molecule has 4 nitrogen and oxygen atoms in total. The molecular formula is C16H17F5O4. The Bertz CT molecular complexity index is 581. The van der Waals surface area contributed by atoms with Crippen molar-refractivity contribution in [2.24, 2.45) is 0 Å². The molecule has 0 atom stereocenters. The first-order valence-electron chi connectivity index (χ1n) is 7.47. The average molecular weight is 368 g/mol. The first-order chi connectivity index (χ1) is 11.6. The summed E-state index contributed by atoms with van der Waals surface area (Å²) in [7, 11) is 0. The van der Waals surface area contributed by atoms with Gasteiger partial charge in [0.05, 0.1) is 17.7 Å². The van der Waals surface area contributed by atoms with Gasteiger partial charge in [-0.05, 0) is 30.7 Å². The summed E-state index contributed by atoms with van der Waals surface area (Å²) in [5.41, 5.74) is -0.144. The molecule has 1 aromatic carbocycles. The molecule has 140 valence electrons. The van der Waals surface area contributed by atoms with Gasteiger partial charge in [0.25, 0.3) is 0 Å². The van der Waals surface area contributed by atoms with Gasteiger partial charge in [0, 0.05) is 0 Å². The normalized spacial score (nSPS) is 11.9. The summed E-state index contributed by atoms with van der Waals surface area (Å²) in [5.74, 6) is -7.11. The number of halogens is 5. The lowest BCUT2D eigenvalue weighted by atomic mass is 10.1. The zero-order valence-corrected chi connectivity index (χ0v) is 13.4. The molecule has 1 rings (SSSR count). The van der Waals surface area contributed by atoms with Gasteiger partial charge in [0.15, 0.2) is 6.61 Å². The fraction of sp³-hybridized carbons (Fsp3) is 0.500. The van der Waals surface area contributed by atoms with Crippen molar-refractivity contribution in [1.82, 2.24) is 0 Å². The molecule has 0 aliphatic carbocycles. The molecule has 0 aliphatic heterocycles. The molecule has 0 N–H and O–H groups in total. The zero-order valence-electron chi connectivity index (χ0n) is 13.4. The number of alkyl halides is 5. The van der Waals surface area contributed by atoms with E-state index in [1.54, 1.807) is 0 Å². The minimum atomic E-state index is -5.81. The second kappa shape index (κ2) is 8.77. The van der Waals surface area contributed by atoms with Crippen LogP contribution in [0.2, 0.25) is 0 Å². The lowest BCUT2D eigenvalue weighted by molar-refractivity contribution is -0.292. The van der Waals surface area contributed by atoms with E-state index in [1.807, 2.05) is 6.92 Å². The number of rotatable bonds is 8. The van der Waals surface area contributed by atoms with Crippen LogP contribution in [0, 0.1) is 0 Å². The molecule has 0 saturated carbocycles. The maximum absolute atomic E-state index is 12.7. The fourth-order valence-electron chi connectivity index (χ4n) is 1.66. The summed E-state index contributed by atoms with van der Waals surface area (Å²) >= 11 is 0. The lowest BCUT2D eigenvalue weighted by Gasteiger charge is -2.19. The summed E-state index contributed by atoms with van der Waals surface area (Å²) in [4.78, 5) is 23.2. The van der Waals surface area contributed by atoms with Crippen LogP contribution in [0.5, 0.6) is 0 Å². The lowest BCUT2D eigenvalue weighted by Crippen LogP contribution is -2.41. The Morgan fingerprint density at radius 1 is 0.880 bits per heavy atom. The topological polar surface area (TPSA) is 52.6 Å². The van der Waals surface area contributed by atoms with Gasteiger partial charge in [0.2, 0.25) is 0 Å². The Kier molecular flexibility index (Phi) is 7.32. The van der Waals surface area contributed by atoms with Crippen LogP contribution >= 0.6 is 0 Å². The molecule has 0 fully saturated rings. The van der Waals surface area contributed by atoms with Gasteiger partial charge >= 0.3 is 24.0 Å². The predicted molar refractivity (Wildman–Crippen MR) is 77.5 cm³/mol. The average Bonchev–Trinajstić information content (AvgIpc) is 2.55. The Hall–Kier alpha value is -2.19. The monoisotopic (exact) mass is 368 g/mol. The maximum Gasteiger partial charge on any atom is 0.456 e. The highest BCUT2D eigenvalue weighted by Crippen LogP contribution is 2.35. The molecule has 0 spiro atoms. The van der Waals surface area contributed by atoms with Crippen molar-refractivity contribution in [2.45, 2.75) is 38.3 Å². The fourth-order valence-corrected chi connectivity index (χ4v) is 1.66. The number of benzene rings is 1. The van der Waals surface area contributed by atoms with E-state index in [9.17, 15) is 31.5 Å². The third kappa shape index (κ3) is 6.32. The summed E-state index contributed by atoms with van der Waals surface area (Å²) in [5, 5.41) is 0. The molecule has 0 aromatic heterocycles. The van der Waals surface area contributed by atoms with Gasteiger partial charge in [0.1, 0.15) is 0 Å². The second-order valence-corrected chi connectivity index (χ2v) is 5.20. The number of hydrogen-bond donors (Lipinski definition) is 0. The first kappa shape index (κ1) is 20.9. The smallest absolute Gasteiger partial charge is 0.456 e. The molecule has 0 unspecified atom stereocenters. The largest absolute Gasteiger partial charge is 0.462 e. The highest BCUT2D eigenvalue weighted by atomic mass is 19.4. The third-order valence-electron chi connectivity index (χ3n) is 3.14. The van der Waals surface area contributed by atoms with Crippen LogP contribution in [0.25, 0.3) is 0 Å². The van der Waals surface area contributed by atoms with Crippen LogP contribution in [0.15, 0.2) is 24.3 Å². The van der Waals surface area contributed by atoms with E-state index in [2.05, 4.69) is 4.74 Å². The van der Waals surface area contributed by atoms with Gasteiger partial charge in [-0.15, -0.1) is 0 Å². The van der Waals surface area contributed by atoms with Crippen LogP contribution in [0.3, 0.4) is 0 Å². The first-order valence-corrected chi connectivity index (χ1v) is 7.47. The highest BCUT2D eigenvalue weighted by molar-refractivity contribution is 5.93. The van der Waals surface area contributed by atoms with E-state index >= 15 is 0 Å². The number of carbonyl (C=O) groups is 2. The minimum Gasteiger partial charge on any atom is -0.462 e. The number of esters is 2. The van der Waals surface area contributed by atoms with Crippen molar-refractivity contribution in [3.63, 3.8) is 0 Å². The molecule has 1 aromatic rings. The van der Waals surface area contributed by atoms with Crippen molar-refractivity contribution in [2.75, 3.05) is 13.2 Å². The molecule has 25 heavy (non-hydrogen) atoms. The molecule has 0 aliphatic rings. The maximum atomic E-state index is 12.7. The predicted octanol–water partition coefficient (Wildman–Crippen LogP) is 4.39. The summed E-state index contributed by atoms with van der Waals surface area (Å²) in [6.45, 7) is 0.115. The van der Waals surface area contributed by atoms with Crippen molar-refractivity contribution in [3.8, 4) is 0 Å². The van der Waals surface area contributed by atoms with E-state index in [1.165, 1.54) is 12.1 Å². The Morgan fingerprint density at radius 2 is 1.36 bits per heavy atom. The molecule has 9 heteroatoms. The molecule has 0 amide bonds. The van der Waals surface area contributed by atoms with Crippen LogP contribution in [0.4, 0.5) is 22.0 Å². The number of unbranched alkanes of at least 4 members (excludes halogenated alkanes) is 2. The van der Waals surface area contributed by atoms with Crippen LogP contribution in [0.1, 0.15) is 46.9 Å². The van der Waals surface area contributed by atoms with E-state index in [4.69, 9.17) is 4.74 Å². The summed E-state index contributed by atoms with van der Waals surface area (Å²) < 4.78 is 70.3. The second-order valence-electron chi connectivity index (χ2n) is 5.20. The van der Waals surface area contributed by atoms with Crippen molar-refractivity contribution >= 4 is 11.9 Å². The van der Waals surface area contributed by atoms with Crippen LogP contribution in [-0.4, -0.2) is 37.3 Å². The van der Waals surface area contributed by atoms with Crippen LogP contribution in [-0.2, 0) is 9.47 Å². The van der Waals surface area contributed by atoms with Crippen molar-refractivity contribution in [1.29, 1.82) is 0 Å². The van der Waals surface area contributed by atoms with Gasteiger partial charge in [-0.3, -0.25) is 0 Å². The highest BCUT2D eigenvalue weighted by Gasteiger charge is 2.58. The quantitative estimate of drug-likeness (QED) is 0.388. The third-order valence-corrected chi connectivity index (χ3v) is 3.14. The summed E-state index contributed by atoms with van der Waals surface area (Å²) in [6, 6.07) is 4.55. The van der Waals surface area contributed by atoms with E-state index in [-0.39, 0.29) is 17.7 Å². The van der Waals surface area contributed by atoms with E-state index < -0.39 is 30.6 Å². The summed E-state index contributed by atoms with van der Waals surface area (Å²) in [6.07, 6.45) is -3.24. The van der Waals surface area contributed by atoms with E-state index in [0.717, 1.165) is 25.0 Å². The van der Waals surface area contributed by atoms with Gasteiger partial charge in [-0.1, -0.05) is 19.8 Å². The van der Waals surface area contributed by atoms with Crippen LogP contribution < -0.4 is 0 Å².